The molecule has 3 atom stereocenters. The molecule has 3 aliphatic heterocycles. The Morgan fingerprint density at radius 3 is 1.93 bits per heavy atom. The maximum Gasteiger partial charge on any atom is 0.253 e. The summed E-state index contributed by atoms with van der Waals surface area (Å²) in [5.41, 5.74) is 1.72. The highest BCUT2D eigenvalue weighted by atomic mass is 79.9. The summed E-state index contributed by atoms with van der Waals surface area (Å²) >= 11 is 6.89. The molecule has 5 rings (SSSR count). The Balaban J connectivity index is 1.57. The Morgan fingerprint density at radius 1 is 0.741 bits per heavy atom. The van der Waals surface area contributed by atoms with E-state index in [9.17, 15) is 9.59 Å². The molecule has 2 aromatic carbocycles. The standard InChI is InChI=1S/C20H17Br2N3O2/c21-13-4-2-12(3-5-13)17-16-18(24-11-1-10-23(17)24)20(27)25(19(16)26)15-8-6-14(22)7-9-15/h2-9,16-18H,1,10-11H2/t16-,17-,18-/m1/s1. The molecule has 5 nitrogen and oxygen atoms in total. The average molecular weight is 491 g/mol. The number of hydrogen-bond donors (Lipinski definition) is 0. The number of benzene rings is 2. The largest absolute Gasteiger partial charge is 0.274 e. The number of nitrogens with zero attached hydrogens (tertiary/aromatic N) is 3. The fraction of sp³-hybridized carbons (Fsp3) is 0.300. The van der Waals surface area contributed by atoms with Crippen molar-refractivity contribution >= 4 is 49.4 Å². The van der Waals surface area contributed by atoms with Gasteiger partial charge in [0.2, 0.25) is 5.91 Å². The second kappa shape index (κ2) is 6.51. The number of amides is 2. The minimum atomic E-state index is -0.405. The molecule has 0 saturated carbocycles. The molecule has 0 bridgehead atoms. The third-order valence-electron chi connectivity index (χ3n) is 5.70. The van der Waals surface area contributed by atoms with Crippen LogP contribution in [0.25, 0.3) is 0 Å². The maximum absolute atomic E-state index is 13.4. The number of hydrazine groups is 1. The van der Waals surface area contributed by atoms with Crippen LogP contribution < -0.4 is 4.90 Å². The number of imide groups is 1. The predicted molar refractivity (Wildman–Crippen MR) is 109 cm³/mol. The zero-order valence-electron chi connectivity index (χ0n) is 14.4. The molecule has 0 aliphatic carbocycles. The van der Waals surface area contributed by atoms with Crippen molar-refractivity contribution in [1.82, 2.24) is 10.0 Å². The van der Waals surface area contributed by atoms with Gasteiger partial charge in [-0.15, -0.1) is 0 Å². The molecule has 0 N–H and O–H groups in total. The van der Waals surface area contributed by atoms with Crippen LogP contribution in [0.3, 0.4) is 0 Å². The van der Waals surface area contributed by atoms with E-state index in [1.807, 2.05) is 48.5 Å². The van der Waals surface area contributed by atoms with Gasteiger partial charge in [0.1, 0.15) is 6.04 Å². The Morgan fingerprint density at radius 2 is 1.30 bits per heavy atom. The van der Waals surface area contributed by atoms with E-state index in [2.05, 4.69) is 41.9 Å². The van der Waals surface area contributed by atoms with Gasteiger partial charge in [-0.3, -0.25) is 9.59 Å². The zero-order valence-corrected chi connectivity index (χ0v) is 17.6. The number of carbonyl (C=O) groups excluding carboxylic acids is 2. The molecule has 3 aliphatic rings. The van der Waals surface area contributed by atoms with E-state index in [0.717, 1.165) is 34.0 Å². The Bertz CT molecular complexity index is 916. The van der Waals surface area contributed by atoms with Crippen molar-refractivity contribution < 1.29 is 9.59 Å². The van der Waals surface area contributed by atoms with Gasteiger partial charge in [-0.1, -0.05) is 44.0 Å². The minimum absolute atomic E-state index is 0.0949. The lowest BCUT2D eigenvalue weighted by atomic mass is 9.90. The van der Waals surface area contributed by atoms with E-state index < -0.39 is 6.04 Å². The van der Waals surface area contributed by atoms with Gasteiger partial charge in [-0.2, -0.15) is 0 Å². The summed E-state index contributed by atoms with van der Waals surface area (Å²) in [5.74, 6) is -0.587. The number of hydrogen-bond acceptors (Lipinski definition) is 4. The smallest absolute Gasteiger partial charge is 0.253 e. The molecule has 2 aromatic rings. The third kappa shape index (κ3) is 2.63. The normalized spacial score (nSPS) is 28.1. The molecule has 3 saturated heterocycles. The van der Waals surface area contributed by atoms with E-state index in [0.29, 0.717) is 5.69 Å². The summed E-state index contributed by atoms with van der Waals surface area (Å²) in [5, 5.41) is 4.35. The van der Waals surface area contributed by atoms with E-state index in [-0.39, 0.29) is 23.8 Å². The van der Waals surface area contributed by atoms with Crippen molar-refractivity contribution in [3.63, 3.8) is 0 Å². The van der Waals surface area contributed by atoms with Crippen LogP contribution in [0.15, 0.2) is 57.5 Å². The molecule has 0 radical (unpaired) electrons. The minimum Gasteiger partial charge on any atom is -0.274 e. The predicted octanol–water partition coefficient (Wildman–Crippen LogP) is 3.75. The van der Waals surface area contributed by atoms with Crippen LogP contribution in [0.1, 0.15) is 18.0 Å². The summed E-state index contributed by atoms with van der Waals surface area (Å²) in [6, 6.07) is 14.9. The van der Waals surface area contributed by atoms with Crippen LogP contribution in [0.2, 0.25) is 0 Å². The molecule has 7 heteroatoms. The van der Waals surface area contributed by atoms with Crippen LogP contribution in [-0.2, 0) is 9.59 Å². The number of halogens is 2. The quantitative estimate of drug-likeness (QED) is 0.601. The van der Waals surface area contributed by atoms with Gasteiger partial charge in [-0.05, 0) is 48.4 Å². The van der Waals surface area contributed by atoms with E-state index in [4.69, 9.17) is 0 Å². The van der Waals surface area contributed by atoms with Gasteiger partial charge in [-0.25, -0.2) is 14.9 Å². The number of anilines is 1. The van der Waals surface area contributed by atoms with E-state index >= 15 is 0 Å². The molecule has 0 unspecified atom stereocenters. The summed E-state index contributed by atoms with van der Waals surface area (Å²) in [7, 11) is 0. The molecule has 0 spiro atoms. The molecule has 27 heavy (non-hydrogen) atoms. The lowest BCUT2D eigenvalue weighted by Crippen LogP contribution is -2.44. The fourth-order valence-corrected chi connectivity index (χ4v) is 5.15. The Kier molecular flexibility index (Phi) is 4.23. The summed E-state index contributed by atoms with van der Waals surface area (Å²) < 4.78 is 1.92. The first kappa shape index (κ1) is 17.6. The zero-order chi connectivity index (χ0) is 18.7. The molecule has 138 valence electrons. The van der Waals surface area contributed by atoms with Crippen molar-refractivity contribution in [3.8, 4) is 0 Å². The van der Waals surface area contributed by atoms with Crippen molar-refractivity contribution in [3.05, 3.63) is 63.0 Å². The van der Waals surface area contributed by atoms with Gasteiger partial charge in [0.25, 0.3) is 5.91 Å². The fourth-order valence-electron chi connectivity index (χ4n) is 4.62. The Hall–Kier alpha value is -1.54. The summed E-state index contributed by atoms with van der Waals surface area (Å²) in [6.07, 6.45) is 1.01. The van der Waals surface area contributed by atoms with Crippen molar-refractivity contribution in [1.29, 1.82) is 0 Å². The van der Waals surface area contributed by atoms with Crippen molar-refractivity contribution in [2.24, 2.45) is 5.92 Å². The molecule has 0 aromatic heterocycles. The molecular formula is C20H17Br2N3O2. The molecule has 2 amide bonds. The highest BCUT2D eigenvalue weighted by Crippen LogP contribution is 2.49. The van der Waals surface area contributed by atoms with Gasteiger partial charge < -0.3 is 0 Å². The number of fused-ring (bicyclic) bond motifs is 3. The highest BCUT2D eigenvalue weighted by molar-refractivity contribution is 9.10. The second-order valence-corrected chi connectivity index (χ2v) is 8.97. The van der Waals surface area contributed by atoms with Crippen LogP contribution >= 0.6 is 31.9 Å². The van der Waals surface area contributed by atoms with Gasteiger partial charge in [0, 0.05) is 22.0 Å². The van der Waals surface area contributed by atoms with E-state index in [1.54, 1.807) is 0 Å². The van der Waals surface area contributed by atoms with Crippen LogP contribution in [-0.4, -0.2) is 41.0 Å². The molecular weight excluding hydrogens is 474 g/mol. The van der Waals surface area contributed by atoms with E-state index in [1.165, 1.54) is 4.90 Å². The Labute approximate surface area is 174 Å². The van der Waals surface area contributed by atoms with Gasteiger partial charge >= 0.3 is 0 Å². The highest BCUT2D eigenvalue weighted by Gasteiger charge is 2.62. The van der Waals surface area contributed by atoms with Gasteiger partial charge in [0.15, 0.2) is 0 Å². The lowest BCUT2D eigenvalue weighted by Gasteiger charge is -2.29. The summed E-state index contributed by atoms with van der Waals surface area (Å²) in [6.45, 7) is 1.70. The first-order valence-corrected chi connectivity index (χ1v) is 10.6. The SMILES string of the molecule is O=C1[C@@H]2[C@@H](c3ccc(Br)cc3)N3CCCN3[C@H]2C(=O)N1c1ccc(Br)cc1. The number of rotatable bonds is 2. The first-order chi connectivity index (χ1) is 13.1. The molecule has 3 heterocycles. The van der Waals surface area contributed by atoms with Crippen LogP contribution in [0.4, 0.5) is 5.69 Å². The molecule has 3 fully saturated rings. The third-order valence-corrected chi connectivity index (χ3v) is 6.76. The topological polar surface area (TPSA) is 43.9 Å². The monoisotopic (exact) mass is 489 g/mol. The number of carbonyl (C=O) groups is 2. The second-order valence-electron chi connectivity index (χ2n) is 7.14. The first-order valence-electron chi connectivity index (χ1n) is 8.98. The average Bonchev–Trinajstić information content (AvgIpc) is 3.30. The van der Waals surface area contributed by atoms with Crippen molar-refractivity contribution in [2.75, 3.05) is 18.0 Å². The van der Waals surface area contributed by atoms with Crippen LogP contribution in [0, 0.1) is 5.92 Å². The maximum atomic E-state index is 13.4. The summed E-state index contributed by atoms with van der Waals surface area (Å²) in [4.78, 5) is 28.0. The van der Waals surface area contributed by atoms with Gasteiger partial charge in [0.05, 0.1) is 17.6 Å². The lowest BCUT2D eigenvalue weighted by molar-refractivity contribution is -0.126. The van der Waals surface area contributed by atoms with Crippen molar-refractivity contribution in [2.45, 2.75) is 18.5 Å². The van der Waals surface area contributed by atoms with Crippen LogP contribution in [0.5, 0.6) is 0 Å².